The van der Waals surface area contributed by atoms with Gasteiger partial charge in [0, 0.05) is 53.2 Å². The van der Waals surface area contributed by atoms with Crippen molar-refractivity contribution in [3.05, 3.63) is 321 Å². The number of allylic oxidation sites excluding steroid dienone is 3. The molecule has 2 unspecified atom stereocenters. The first-order valence-corrected chi connectivity index (χ1v) is 27.4. The predicted octanol–water partition coefficient (Wildman–Crippen LogP) is 17.5. The molecule has 2 spiro atoms. The van der Waals surface area contributed by atoms with Crippen LogP contribution < -0.4 is 9.80 Å². The van der Waals surface area contributed by atoms with Crippen LogP contribution in [-0.4, -0.2) is 6.54 Å². The van der Waals surface area contributed by atoms with Crippen LogP contribution in [0.1, 0.15) is 84.7 Å². The Bertz CT molecular complexity index is 4100. The molecule has 0 saturated carbocycles. The van der Waals surface area contributed by atoms with Gasteiger partial charge < -0.3 is 9.80 Å². The van der Waals surface area contributed by atoms with Gasteiger partial charge in [-0.25, -0.2) is 0 Å². The minimum absolute atomic E-state index is 0.157. The molecule has 10 aromatic rings. The fraction of sp³-hybridized carbons (Fsp3) is 0.108. The number of hydrogen-bond donors (Lipinski definition) is 0. The van der Waals surface area contributed by atoms with Crippen LogP contribution in [0.4, 0.5) is 22.7 Å². The number of rotatable bonds is 4. The zero-order valence-corrected chi connectivity index (χ0v) is 42.1. The SMILES string of the molecule is C1=CC2c3ccc(C=Cc4ccc5c(c4)C4(c6ccccc6-c6ccccc64)c4cc(N6CCCc7ccccc76)ccc4-5)cc3C3(c4ccccc4-c4ccccc43)C2C=C1N1c2ccccc2Cc2ccccc21. The minimum atomic E-state index is -0.454. The third-order valence-electron chi connectivity index (χ3n) is 18.7. The fourth-order valence-corrected chi connectivity index (χ4v) is 15.7. The first-order chi connectivity index (χ1) is 37.7. The largest absolute Gasteiger partial charge is 0.341 e. The number of anilines is 4. The number of para-hydroxylation sites is 3. The molecule has 2 heteroatoms. The van der Waals surface area contributed by atoms with Crippen molar-refractivity contribution in [1.29, 1.82) is 0 Å². The molecule has 76 heavy (non-hydrogen) atoms. The quantitative estimate of drug-likeness (QED) is 0.162. The predicted molar refractivity (Wildman–Crippen MR) is 313 cm³/mol. The lowest BCUT2D eigenvalue weighted by Gasteiger charge is -2.40. The van der Waals surface area contributed by atoms with Gasteiger partial charge in [0.15, 0.2) is 0 Å². The highest BCUT2D eigenvalue weighted by atomic mass is 15.2. The highest BCUT2D eigenvalue weighted by Crippen LogP contribution is 2.67. The molecule has 2 atom stereocenters. The van der Waals surface area contributed by atoms with E-state index < -0.39 is 5.41 Å². The monoisotopic (exact) mass is 968 g/mol. The molecule has 0 bridgehead atoms. The second-order valence-corrected chi connectivity index (χ2v) is 22.1. The summed E-state index contributed by atoms with van der Waals surface area (Å²) in [6, 6.07) is 85.9. The van der Waals surface area contributed by atoms with Crippen LogP contribution in [0, 0.1) is 5.92 Å². The number of aryl methyl sites for hydroxylation is 1. The van der Waals surface area contributed by atoms with Crippen LogP contribution in [0.25, 0.3) is 45.5 Å². The van der Waals surface area contributed by atoms with E-state index in [0.717, 1.165) is 25.8 Å². The van der Waals surface area contributed by atoms with Crippen molar-refractivity contribution >= 4 is 34.9 Å². The Morgan fingerprint density at radius 3 is 1.58 bits per heavy atom. The van der Waals surface area contributed by atoms with Gasteiger partial charge >= 0.3 is 0 Å². The maximum Gasteiger partial charge on any atom is 0.0726 e. The number of benzene rings is 10. The van der Waals surface area contributed by atoms with E-state index in [1.807, 2.05) is 0 Å². The molecule has 0 fully saturated rings. The maximum absolute atomic E-state index is 2.64. The standard InChI is InChI=1S/C74H52N2/c1-12-28-70-49(16-1)19-15-41-75(70)52-35-39-60-58-37-33-47(42-66(58)73(68(60)45-52)62-24-8-4-20-54(62)55-21-5-9-25-63(55)73)31-32-48-34-38-59-61-40-36-53(76-71-29-13-2-17-50(71)44-51-18-3-14-30-72(51)76)46-69(61)74(67(59)43-48)64-26-10-6-22-56(64)57-23-7-11-27-65(57)74/h1-14,16-18,20-40,42-43,45-46,61,69H,15,19,41,44H2. The Morgan fingerprint density at radius 1 is 0.421 bits per heavy atom. The summed E-state index contributed by atoms with van der Waals surface area (Å²) in [5.41, 5.74) is 31.3. The Balaban J connectivity index is 0.810. The van der Waals surface area contributed by atoms with Gasteiger partial charge in [-0.2, -0.15) is 0 Å². The van der Waals surface area contributed by atoms with Gasteiger partial charge in [-0.15, -0.1) is 0 Å². The molecule has 0 N–H and O–H groups in total. The van der Waals surface area contributed by atoms with Crippen LogP contribution in [0.15, 0.2) is 248 Å². The van der Waals surface area contributed by atoms with Gasteiger partial charge in [-0.3, -0.25) is 0 Å². The van der Waals surface area contributed by atoms with Crippen molar-refractivity contribution in [2.45, 2.75) is 36.0 Å². The molecule has 7 aliphatic rings. The lowest BCUT2D eigenvalue weighted by atomic mass is 9.65. The van der Waals surface area contributed by atoms with Crippen LogP contribution in [0.3, 0.4) is 0 Å². The minimum Gasteiger partial charge on any atom is -0.341 e. The first-order valence-electron chi connectivity index (χ1n) is 27.4. The summed E-state index contributed by atoms with van der Waals surface area (Å²) in [7, 11) is 0. The number of hydrogen-bond acceptors (Lipinski definition) is 2. The normalized spacial score (nSPS) is 18.4. The van der Waals surface area contributed by atoms with Gasteiger partial charge in [0.05, 0.1) is 10.8 Å². The third-order valence-corrected chi connectivity index (χ3v) is 18.7. The summed E-state index contributed by atoms with van der Waals surface area (Å²) < 4.78 is 0. The first kappa shape index (κ1) is 42.4. The average Bonchev–Trinajstić information content (AvgIpc) is 4.36. The van der Waals surface area contributed by atoms with Gasteiger partial charge in [0.25, 0.3) is 0 Å². The summed E-state index contributed by atoms with van der Waals surface area (Å²) in [5.74, 6) is 0.368. The van der Waals surface area contributed by atoms with Crippen LogP contribution in [0.2, 0.25) is 0 Å². The molecule has 358 valence electrons. The van der Waals surface area contributed by atoms with E-state index in [1.54, 1.807) is 0 Å². The van der Waals surface area contributed by atoms with Gasteiger partial charge in [-0.05, 0) is 161 Å². The van der Waals surface area contributed by atoms with E-state index in [-0.39, 0.29) is 17.3 Å². The van der Waals surface area contributed by atoms with E-state index in [2.05, 4.69) is 265 Å². The fourth-order valence-electron chi connectivity index (χ4n) is 15.7. The molecule has 0 radical (unpaired) electrons. The molecule has 10 aromatic carbocycles. The maximum atomic E-state index is 2.64. The average molecular weight is 969 g/mol. The molecule has 0 amide bonds. The zero-order valence-electron chi connectivity index (χ0n) is 42.1. The molecular weight excluding hydrogens is 917 g/mol. The Kier molecular flexibility index (Phi) is 8.80. The molecule has 5 aliphatic carbocycles. The molecular formula is C74H52N2. The van der Waals surface area contributed by atoms with Gasteiger partial charge in [0.2, 0.25) is 0 Å². The van der Waals surface area contributed by atoms with E-state index >= 15 is 0 Å². The van der Waals surface area contributed by atoms with E-state index in [9.17, 15) is 0 Å². The summed E-state index contributed by atoms with van der Waals surface area (Å²) in [6.07, 6.45) is 15.5. The highest BCUT2D eigenvalue weighted by molar-refractivity contribution is 5.97. The molecule has 2 nitrogen and oxygen atoms in total. The van der Waals surface area contributed by atoms with Crippen LogP contribution >= 0.6 is 0 Å². The highest BCUT2D eigenvalue weighted by Gasteiger charge is 2.58. The van der Waals surface area contributed by atoms with Crippen molar-refractivity contribution in [3.63, 3.8) is 0 Å². The van der Waals surface area contributed by atoms with E-state index in [4.69, 9.17) is 0 Å². The molecule has 0 aromatic heterocycles. The molecule has 2 aliphatic heterocycles. The molecule has 2 heterocycles. The molecule has 17 rings (SSSR count). The van der Waals surface area contributed by atoms with Crippen LogP contribution in [-0.2, 0) is 23.7 Å². The second kappa shape index (κ2) is 15.8. The Labute approximate surface area is 444 Å². The van der Waals surface area contributed by atoms with E-state index in [1.165, 1.54) is 134 Å². The summed E-state index contributed by atoms with van der Waals surface area (Å²) >= 11 is 0. The van der Waals surface area contributed by atoms with Crippen molar-refractivity contribution in [1.82, 2.24) is 0 Å². The Morgan fingerprint density at radius 2 is 0.921 bits per heavy atom. The number of fused-ring (bicyclic) bond motifs is 23. The second-order valence-electron chi connectivity index (χ2n) is 22.1. The topological polar surface area (TPSA) is 6.48 Å². The summed E-state index contributed by atoms with van der Waals surface area (Å²) in [6.45, 7) is 1.01. The summed E-state index contributed by atoms with van der Waals surface area (Å²) in [4.78, 5) is 5.10. The van der Waals surface area contributed by atoms with Crippen molar-refractivity contribution in [2.75, 3.05) is 16.3 Å². The lowest BCUT2D eigenvalue weighted by molar-refractivity contribution is 0.462. The Hall–Kier alpha value is -8.98. The van der Waals surface area contributed by atoms with Crippen LogP contribution in [0.5, 0.6) is 0 Å². The zero-order chi connectivity index (χ0) is 49.7. The van der Waals surface area contributed by atoms with E-state index in [0.29, 0.717) is 0 Å². The molecule has 0 saturated heterocycles. The number of nitrogens with zero attached hydrogens (tertiary/aromatic N) is 2. The smallest absolute Gasteiger partial charge is 0.0726 e. The lowest BCUT2D eigenvalue weighted by Crippen LogP contribution is -2.34. The van der Waals surface area contributed by atoms with Gasteiger partial charge in [-0.1, -0.05) is 212 Å². The summed E-state index contributed by atoms with van der Waals surface area (Å²) in [5, 5.41) is 0. The van der Waals surface area contributed by atoms with Crippen molar-refractivity contribution < 1.29 is 0 Å². The van der Waals surface area contributed by atoms with Crippen molar-refractivity contribution in [3.8, 4) is 33.4 Å². The van der Waals surface area contributed by atoms with Gasteiger partial charge in [0.1, 0.15) is 0 Å². The third kappa shape index (κ3) is 5.56. The van der Waals surface area contributed by atoms with Crippen molar-refractivity contribution in [2.24, 2.45) is 5.92 Å².